The average molecular weight is 271 g/mol. The van der Waals surface area contributed by atoms with E-state index >= 15 is 0 Å². The van der Waals surface area contributed by atoms with Gasteiger partial charge in [0.05, 0.1) is 6.61 Å². The predicted molar refractivity (Wildman–Crippen MR) is 71.3 cm³/mol. The number of alkyl halides is 1. The van der Waals surface area contributed by atoms with E-state index in [0.29, 0.717) is 0 Å². The van der Waals surface area contributed by atoms with Crippen LogP contribution in [0, 0.1) is 5.41 Å². The Kier molecular flexibility index (Phi) is 2.79. The largest absolute Gasteiger partial charge is 0.493 e. The Bertz CT molecular complexity index is 450. The van der Waals surface area contributed by atoms with Crippen LogP contribution >= 0.6 is 23.2 Å². The van der Waals surface area contributed by atoms with Crippen molar-refractivity contribution in [3.8, 4) is 5.75 Å². The SMILES string of the molecule is CC(Cl)C1(Cc2cc(Cl)cc3c2OCC3)CC1. The molecule has 0 N–H and O–H groups in total. The third-order valence-corrected chi connectivity index (χ3v) is 4.79. The molecule has 1 heterocycles. The first kappa shape index (κ1) is 11.7. The molecule has 0 bridgehead atoms. The highest BCUT2D eigenvalue weighted by atomic mass is 35.5. The van der Waals surface area contributed by atoms with Gasteiger partial charge in [0, 0.05) is 16.8 Å². The highest BCUT2D eigenvalue weighted by molar-refractivity contribution is 6.30. The summed E-state index contributed by atoms with van der Waals surface area (Å²) in [7, 11) is 0. The van der Waals surface area contributed by atoms with Crippen molar-refractivity contribution in [2.45, 2.75) is 38.0 Å². The van der Waals surface area contributed by atoms with Crippen molar-refractivity contribution in [2.24, 2.45) is 5.41 Å². The molecule has 1 aromatic carbocycles. The summed E-state index contributed by atoms with van der Waals surface area (Å²) in [6, 6.07) is 4.07. The molecule has 1 aromatic rings. The van der Waals surface area contributed by atoms with Crippen molar-refractivity contribution in [3.05, 3.63) is 28.3 Å². The van der Waals surface area contributed by atoms with Crippen LogP contribution in [-0.4, -0.2) is 12.0 Å². The van der Waals surface area contributed by atoms with Crippen LogP contribution in [0.1, 0.15) is 30.9 Å². The van der Waals surface area contributed by atoms with Gasteiger partial charge in [0.25, 0.3) is 0 Å². The number of ether oxygens (including phenoxy) is 1. The lowest BCUT2D eigenvalue weighted by molar-refractivity contribution is 0.349. The van der Waals surface area contributed by atoms with E-state index in [4.69, 9.17) is 27.9 Å². The Morgan fingerprint density at radius 1 is 1.41 bits per heavy atom. The van der Waals surface area contributed by atoms with Crippen LogP contribution in [0.2, 0.25) is 5.02 Å². The maximum absolute atomic E-state index is 6.30. The Hall–Kier alpha value is -0.400. The molecule has 17 heavy (non-hydrogen) atoms. The van der Waals surface area contributed by atoms with Gasteiger partial charge in [-0.1, -0.05) is 11.6 Å². The van der Waals surface area contributed by atoms with Gasteiger partial charge in [0.2, 0.25) is 0 Å². The maximum atomic E-state index is 6.30. The minimum absolute atomic E-state index is 0.221. The summed E-state index contributed by atoms with van der Waals surface area (Å²) in [5.41, 5.74) is 2.78. The smallest absolute Gasteiger partial charge is 0.125 e. The molecule has 0 radical (unpaired) electrons. The van der Waals surface area contributed by atoms with Crippen molar-refractivity contribution < 1.29 is 4.74 Å². The summed E-state index contributed by atoms with van der Waals surface area (Å²) in [6.07, 6.45) is 4.42. The van der Waals surface area contributed by atoms with Crippen LogP contribution in [-0.2, 0) is 12.8 Å². The van der Waals surface area contributed by atoms with E-state index in [-0.39, 0.29) is 10.8 Å². The second-order valence-electron chi connectivity index (χ2n) is 5.31. The van der Waals surface area contributed by atoms with E-state index < -0.39 is 0 Å². The molecule has 3 rings (SSSR count). The fourth-order valence-corrected chi connectivity index (χ4v) is 3.29. The third-order valence-electron chi connectivity index (χ3n) is 4.10. The number of rotatable bonds is 3. The van der Waals surface area contributed by atoms with Crippen molar-refractivity contribution in [2.75, 3.05) is 6.61 Å². The Morgan fingerprint density at radius 3 is 2.82 bits per heavy atom. The Labute approximate surface area is 112 Å². The summed E-state index contributed by atoms with van der Waals surface area (Å²) in [5, 5.41) is 1.04. The molecule has 0 aromatic heterocycles. The number of halogens is 2. The van der Waals surface area contributed by atoms with Crippen LogP contribution < -0.4 is 4.74 Å². The first-order chi connectivity index (χ1) is 8.11. The van der Waals surface area contributed by atoms with Crippen molar-refractivity contribution >= 4 is 23.2 Å². The van der Waals surface area contributed by atoms with Gasteiger partial charge in [0.15, 0.2) is 0 Å². The fourth-order valence-electron chi connectivity index (χ4n) is 2.73. The summed E-state index contributed by atoms with van der Waals surface area (Å²) >= 11 is 12.5. The van der Waals surface area contributed by atoms with Crippen molar-refractivity contribution in [1.82, 2.24) is 0 Å². The molecule has 1 nitrogen and oxygen atoms in total. The van der Waals surface area contributed by atoms with Crippen molar-refractivity contribution in [1.29, 1.82) is 0 Å². The van der Waals surface area contributed by atoms with Gasteiger partial charge in [-0.15, -0.1) is 11.6 Å². The van der Waals surface area contributed by atoms with E-state index in [2.05, 4.69) is 6.92 Å². The summed E-state index contributed by atoms with van der Waals surface area (Å²) in [5.74, 6) is 1.07. The molecule has 0 spiro atoms. The quantitative estimate of drug-likeness (QED) is 0.748. The predicted octanol–water partition coefficient (Wildman–Crippen LogP) is 4.22. The molecule has 3 heteroatoms. The third kappa shape index (κ3) is 2.04. The number of hydrogen-bond donors (Lipinski definition) is 0. The van der Waals surface area contributed by atoms with Gasteiger partial charge >= 0.3 is 0 Å². The molecule has 1 unspecified atom stereocenters. The van der Waals surface area contributed by atoms with Gasteiger partial charge in [-0.25, -0.2) is 0 Å². The lowest BCUT2D eigenvalue weighted by Gasteiger charge is -2.19. The van der Waals surface area contributed by atoms with Crippen LogP contribution in [0.15, 0.2) is 12.1 Å². The normalized spacial score (nSPS) is 21.8. The van der Waals surface area contributed by atoms with Gasteiger partial charge < -0.3 is 4.74 Å². The summed E-state index contributed by atoms with van der Waals surface area (Å²) < 4.78 is 5.74. The zero-order valence-corrected chi connectivity index (χ0v) is 11.4. The van der Waals surface area contributed by atoms with Gasteiger partial charge in [-0.05, 0) is 54.9 Å². The highest BCUT2D eigenvalue weighted by Crippen LogP contribution is 2.54. The monoisotopic (exact) mass is 270 g/mol. The van der Waals surface area contributed by atoms with Crippen LogP contribution in [0.4, 0.5) is 0 Å². The Morgan fingerprint density at radius 2 is 2.18 bits per heavy atom. The molecule has 1 saturated carbocycles. The minimum Gasteiger partial charge on any atom is -0.493 e. The standard InChI is InChI=1S/C14H16Cl2O/c1-9(15)14(3-4-14)8-11-7-12(16)6-10-2-5-17-13(10)11/h6-7,9H,2-5,8H2,1H3. The highest BCUT2D eigenvalue weighted by Gasteiger charge is 2.47. The fraction of sp³-hybridized carbons (Fsp3) is 0.571. The number of benzene rings is 1. The zero-order chi connectivity index (χ0) is 12.0. The van der Waals surface area contributed by atoms with E-state index in [1.54, 1.807) is 0 Å². The molecule has 0 saturated heterocycles. The van der Waals surface area contributed by atoms with Gasteiger partial charge in [-0.3, -0.25) is 0 Å². The molecule has 1 fully saturated rings. The van der Waals surface area contributed by atoms with Crippen LogP contribution in [0.25, 0.3) is 0 Å². The molecule has 0 amide bonds. The summed E-state index contributed by atoms with van der Waals surface area (Å²) in [4.78, 5) is 0. The van der Waals surface area contributed by atoms with E-state index in [0.717, 1.165) is 30.2 Å². The van der Waals surface area contributed by atoms with Crippen LogP contribution in [0.5, 0.6) is 5.75 Å². The van der Waals surface area contributed by atoms with E-state index in [9.17, 15) is 0 Å². The average Bonchev–Trinajstić information content (AvgIpc) is 2.88. The second kappa shape index (κ2) is 4.07. The summed E-state index contributed by atoms with van der Waals surface area (Å²) in [6.45, 7) is 2.88. The van der Waals surface area contributed by atoms with E-state index in [1.807, 2.05) is 12.1 Å². The lowest BCUT2D eigenvalue weighted by atomic mass is 9.92. The second-order valence-corrected chi connectivity index (χ2v) is 6.40. The zero-order valence-electron chi connectivity index (χ0n) is 9.93. The molecule has 1 aliphatic carbocycles. The minimum atomic E-state index is 0.221. The van der Waals surface area contributed by atoms with Gasteiger partial charge in [-0.2, -0.15) is 0 Å². The molecule has 1 aliphatic heterocycles. The van der Waals surface area contributed by atoms with Gasteiger partial charge in [0.1, 0.15) is 5.75 Å². The first-order valence-electron chi connectivity index (χ1n) is 6.19. The number of fused-ring (bicyclic) bond motifs is 1. The molecule has 1 atom stereocenters. The lowest BCUT2D eigenvalue weighted by Crippen LogP contribution is -2.16. The molecule has 92 valence electrons. The molecular formula is C14H16Cl2O. The molecular weight excluding hydrogens is 255 g/mol. The number of hydrogen-bond acceptors (Lipinski definition) is 1. The van der Waals surface area contributed by atoms with Crippen LogP contribution in [0.3, 0.4) is 0 Å². The molecule has 2 aliphatic rings. The first-order valence-corrected chi connectivity index (χ1v) is 7.00. The Balaban J connectivity index is 1.93. The maximum Gasteiger partial charge on any atom is 0.125 e. The van der Waals surface area contributed by atoms with E-state index in [1.165, 1.54) is 24.0 Å². The topological polar surface area (TPSA) is 9.23 Å². The van der Waals surface area contributed by atoms with Crippen molar-refractivity contribution in [3.63, 3.8) is 0 Å².